The number of benzene rings is 1. The molecule has 1 aromatic carbocycles. The van der Waals surface area contributed by atoms with E-state index < -0.39 is 21.5 Å². The van der Waals surface area contributed by atoms with Gasteiger partial charge in [0.05, 0.1) is 17.0 Å². The fourth-order valence-corrected chi connectivity index (χ4v) is 4.58. The van der Waals surface area contributed by atoms with Crippen LogP contribution in [0.5, 0.6) is 0 Å². The van der Waals surface area contributed by atoms with Crippen molar-refractivity contribution in [2.45, 2.75) is 55.6 Å². The van der Waals surface area contributed by atoms with Crippen molar-refractivity contribution >= 4 is 29.4 Å². The summed E-state index contributed by atoms with van der Waals surface area (Å²) >= 11 is 2.97. The van der Waals surface area contributed by atoms with E-state index in [0.717, 1.165) is 25.3 Å². The van der Waals surface area contributed by atoms with Gasteiger partial charge in [-0.25, -0.2) is 4.39 Å². The summed E-state index contributed by atoms with van der Waals surface area (Å²) in [6.45, 7) is 6.09. The SMILES string of the molecule is CC(C)(C)SNC(CSC1(C#N)CCC1)c1cc([N+](=O)[O-])ccc1F. The smallest absolute Gasteiger partial charge is 0.258 e. The first-order chi connectivity index (χ1) is 11.7. The maximum atomic E-state index is 14.4. The predicted octanol–water partition coefficient (Wildman–Crippen LogP) is 4.99. The maximum Gasteiger partial charge on any atom is 0.269 e. The number of hydrogen-bond acceptors (Lipinski definition) is 6. The molecule has 5 nitrogen and oxygen atoms in total. The molecule has 0 bridgehead atoms. The van der Waals surface area contributed by atoms with Crippen molar-refractivity contribution in [2.75, 3.05) is 5.75 Å². The third kappa shape index (κ3) is 5.33. The van der Waals surface area contributed by atoms with Crippen molar-refractivity contribution < 1.29 is 9.31 Å². The van der Waals surface area contributed by atoms with Crippen molar-refractivity contribution in [1.29, 1.82) is 5.26 Å². The molecule has 0 aromatic heterocycles. The second-order valence-corrected chi connectivity index (χ2v) is 10.2. The second-order valence-electron chi connectivity index (χ2n) is 7.12. The number of nitro benzene ring substituents is 1. The Bertz CT molecular complexity index is 681. The van der Waals surface area contributed by atoms with Crippen LogP contribution >= 0.6 is 23.7 Å². The van der Waals surface area contributed by atoms with E-state index in [9.17, 15) is 19.8 Å². The average molecular weight is 384 g/mol. The highest BCUT2D eigenvalue weighted by molar-refractivity contribution is 8.01. The van der Waals surface area contributed by atoms with Gasteiger partial charge >= 0.3 is 0 Å². The van der Waals surface area contributed by atoms with Gasteiger partial charge in [-0.15, -0.1) is 11.8 Å². The lowest BCUT2D eigenvalue weighted by molar-refractivity contribution is -0.385. The summed E-state index contributed by atoms with van der Waals surface area (Å²) in [7, 11) is 0. The first-order valence-electron chi connectivity index (χ1n) is 8.08. The van der Waals surface area contributed by atoms with Crippen LogP contribution in [0.15, 0.2) is 18.2 Å². The van der Waals surface area contributed by atoms with Crippen LogP contribution in [-0.4, -0.2) is 20.2 Å². The van der Waals surface area contributed by atoms with Crippen molar-refractivity contribution in [3.8, 4) is 6.07 Å². The lowest BCUT2D eigenvalue weighted by Gasteiger charge is -2.36. The molecule has 2 rings (SSSR count). The third-order valence-corrected chi connectivity index (χ3v) is 6.53. The number of rotatable bonds is 7. The fourth-order valence-electron chi connectivity index (χ4n) is 2.38. The van der Waals surface area contributed by atoms with Crippen LogP contribution in [0.3, 0.4) is 0 Å². The fraction of sp³-hybridized carbons (Fsp3) is 0.588. The molecule has 1 aromatic rings. The Hall–Kier alpha value is -1.30. The zero-order valence-corrected chi connectivity index (χ0v) is 16.2. The topological polar surface area (TPSA) is 79.0 Å². The van der Waals surface area contributed by atoms with Gasteiger partial charge in [-0.05, 0) is 46.1 Å². The minimum absolute atomic E-state index is 0.0938. The summed E-state index contributed by atoms with van der Waals surface area (Å²) in [6, 6.07) is 5.54. The minimum Gasteiger partial charge on any atom is -0.258 e. The third-order valence-electron chi connectivity index (χ3n) is 3.96. The molecule has 0 spiro atoms. The Balaban J connectivity index is 2.23. The molecule has 0 heterocycles. The van der Waals surface area contributed by atoms with Crippen LogP contribution in [0.2, 0.25) is 0 Å². The van der Waals surface area contributed by atoms with E-state index in [1.54, 1.807) is 0 Å². The molecular formula is C17H22FN3O2S2. The standard InChI is InChI=1S/C17H22FN3O2S2/c1-16(2,3)25-20-15(10-24-17(11-19)7-4-8-17)13-9-12(21(22)23)5-6-14(13)18/h5-6,9,15,20H,4,7-8,10H2,1-3H3. The Kier molecular flexibility index (Phi) is 6.35. The first kappa shape index (κ1) is 20.0. The summed E-state index contributed by atoms with van der Waals surface area (Å²) in [5.41, 5.74) is 0.137. The second kappa shape index (κ2) is 7.94. The van der Waals surface area contributed by atoms with Gasteiger partial charge in [0.2, 0.25) is 0 Å². The molecule has 1 atom stereocenters. The van der Waals surface area contributed by atoms with Crippen molar-refractivity contribution in [3.63, 3.8) is 0 Å². The molecule has 25 heavy (non-hydrogen) atoms. The average Bonchev–Trinajstić information content (AvgIpc) is 2.49. The lowest BCUT2D eigenvalue weighted by Crippen LogP contribution is -2.33. The van der Waals surface area contributed by atoms with Gasteiger partial charge in [0.1, 0.15) is 10.6 Å². The van der Waals surface area contributed by atoms with Crippen molar-refractivity contribution in [2.24, 2.45) is 0 Å². The normalized spacial score (nSPS) is 17.4. The predicted molar refractivity (Wildman–Crippen MR) is 101 cm³/mol. The highest BCUT2D eigenvalue weighted by atomic mass is 32.2. The number of nitrogens with one attached hydrogen (secondary N) is 1. The van der Waals surface area contributed by atoms with Crippen LogP contribution in [0.4, 0.5) is 10.1 Å². The van der Waals surface area contributed by atoms with Crippen LogP contribution in [0, 0.1) is 27.3 Å². The summed E-state index contributed by atoms with van der Waals surface area (Å²) in [6.07, 6.45) is 2.70. The van der Waals surface area contributed by atoms with Crippen LogP contribution in [0.1, 0.15) is 51.6 Å². The largest absolute Gasteiger partial charge is 0.269 e. The summed E-state index contributed by atoms with van der Waals surface area (Å²) in [4.78, 5) is 10.5. The molecule has 1 saturated carbocycles. The molecule has 8 heteroatoms. The zero-order valence-electron chi connectivity index (χ0n) is 14.5. The molecule has 0 saturated heterocycles. The van der Waals surface area contributed by atoms with E-state index in [1.807, 2.05) is 20.8 Å². The molecule has 1 aliphatic carbocycles. The van der Waals surface area contributed by atoms with Gasteiger partial charge in [-0.3, -0.25) is 14.8 Å². The molecule has 0 radical (unpaired) electrons. The number of thioether (sulfide) groups is 1. The number of nitro groups is 1. The van der Waals surface area contributed by atoms with Crippen LogP contribution < -0.4 is 4.72 Å². The summed E-state index contributed by atoms with van der Waals surface area (Å²) in [5, 5.41) is 20.4. The van der Waals surface area contributed by atoms with E-state index in [2.05, 4.69) is 10.8 Å². The van der Waals surface area contributed by atoms with Gasteiger partial charge in [0, 0.05) is 28.2 Å². The van der Waals surface area contributed by atoms with E-state index in [0.29, 0.717) is 5.75 Å². The van der Waals surface area contributed by atoms with E-state index in [-0.39, 0.29) is 16.0 Å². The molecule has 1 N–H and O–H groups in total. The van der Waals surface area contributed by atoms with Crippen molar-refractivity contribution in [3.05, 3.63) is 39.7 Å². The Labute approximate surface area is 156 Å². The monoisotopic (exact) mass is 383 g/mol. The van der Waals surface area contributed by atoms with E-state index in [4.69, 9.17) is 0 Å². The molecule has 1 fully saturated rings. The Morgan fingerprint density at radius 2 is 2.16 bits per heavy atom. The molecule has 0 amide bonds. The molecule has 136 valence electrons. The van der Waals surface area contributed by atoms with Crippen molar-refractivity contribution in [1.82, 2.24) is 4.72 Å². The van der Waals surface area contributed by atoms with Gasteiger partial charge < -0.3 is 0 Å². The molecule has 1 unspecified atom stereocenters. The Morgan fingerprint density at radius 3 is 2.64 bits per heavy atom. The van der Waals surface area contributed by atoms with Crippen LogP contribution in [0.25, 0.3) is 0 Å². The summed E-state index contributed by atoms with van der Waals surface area (Å²) in [5.74, 6) is 0.00665. The maximum absolute atomic E-state index is 14.4. The lowest BCUT2D eigenvalue weighted by atomic mass is 9.86. The van der Waals surface area contributed by atoms with Gasteiger partial charge in [0.25, 0.3) is 5.69 Å². The number of non-ortho nitro benzene ring substituents is 1. The van der Waals surface area contributed by atoms with Crippen LogP contribution in [-0.2, 0) is 0 Å². The van der Waals surface area contributed by atoms with Gasteiger partial charge in [0.15, 0.2) is 0 Å². The number of nitriles is 1. The molecule has 0 aliphatic heterocycles. The molecular weight excluding hydrogens is 361 g/mol. The van der Waals surface area contributed by atoms with Gasteiger partial charge in [-0.1, -0.05) is 11.9 Å². The Morgan fingerprint density at radius 1 is 1.48 bits per heavy atom. The highest BCUT2D eigenvalue weighted by Gasteiger charge is 2.38. The molecule has 1 aliphatic rings. The highest BCUT2D eigenvalue weighted by Crippen LogP contribution is 2.45. The van der Waals surface area contributed by atoms with E-state index >= 15 is 0 Å². The first-order valence-corrected chi connectivity index (χ1v) is 9.89. The van der Waals surface area contributed by atoms with E-state index in [1.165, 1.54) is 35.8 Å². The number of halogens is 1. The quantitative estimate of drug-likeness (QED) is 0.406. The van der Waals surface area contributed by atoms with Gasteiger partial charge in [-0.2, -0.15) is 5.26 Å². The summed E-state index contributed by atoms with van der Waals surface area (Å²) < 4.78 is 17.1. The number of nitrogens with zero attached hydrogens (tertiary/aromatic N) is 2. The number of hydrogen-bond donors (Lipinski definition) is 1. The minimum atomic E-state index is -0.521. The zero-order chi connectivity index (χ0) is 18.7.